The number of carbonyl (C=O) groups is 2. The van der Waals surface area contributed by atoms with Crippen LogP contribution in [0, 0.1) is 12.8 Å². The van der Waals surface area contributed by atoms with Gasteiger partial charge < -0.3 is 4.74 Å². The van der Waals surface area contributed by atoms with E-state index in [1.54, 1.807) is 13.8 Å². The minimum Gasteiger partial charge on any atom is -0.465 e. The Balaban J connectivity index is 0.00000137. The van der Waals surface area contributed by atoms with Crippen molar-refractivity contribution < 1.29 is 14.3 Å². The topological polar surface area (TPSA) is 43.4 Å². The molecule has 18 heavy (non-hydrogen) atoms. The molecule has 0 aliphatic heterocycles. The Morgan fingerprint density at radius 2 is 1.78 bits per heavy atom. The van der Waals surface area contributed by atoms with Gasteiger partial charge in [0, 0.05) is 0 Å². The van der Waals surface area contributed by atoms with E-state index in [0.29, 0.717) is 13.0 Å². The number of hydrogen-bond donors (Lipinski definition) is 0. The molecule has 0 fully saturated rings. The third-order valence-electron chi connectivity index (χ3n) is 2.34. The SMILES string of the molecule is CCOC(=O)C(Cc1ccccc1)C(C)=O.[CH2]C. The summed E-state index contributed by atoms with van der Waals surface area (Å²) in [5, 5.41) is 0. The molecule has 0 amide bonds. The molecule has 1 aromatic rings. The molecule has 0 heterocycles. The van der Waals surface area contributed by atoms with Crippen LogP contribution in [0.1, 0.15) is 26.3 Å². The fraction of sp³-hybridized carbons (Fsp3) is 0.400. The van der Waals surface area contributed by atoms with Crippen molar-refractivity contribution in [1.29, 1.82) is 0 Å². The molecule has 0 aliphatic rings. The minimum absolute atomic E-state index is 0.151. The van der Waals surface area contributed by atoms with Crippen LogP contribution in [0.5, 0.6) is 0 Å². The van der Waals surface area contributed by atoms with Crippen molar-refractivity contribution in [2.24, 2.45) is 5.92 Å². The first kappa shape index (κ1) is 16.4. The smallest absolute Gasteiger partial charge is 0.316 e. The highest BCUT2D eigenvalue weighted by atomic mass is 16.5. The maximum atomic E-state index is 11.5. The summed E-state index contributed by atoms with van der Waals surface area (Å²) >= 11 is 0. The molecule has 0 aliphatic carbocycles. The van der Waals surface area contributed by atoms with Crippen molar-refractivity contribution in [3.8, 4) is 0 Å². The molecule has 99 valence electrons. The van der Waals surface area contributed by atoms with Gasteiger partial charge in [-0.2, -0.15) is 0 Å². The third-order valence-corrected chi connectivity index (χ3v) is 2.34. The van der Waals surface area contributed by atoms with Crippen molar-refractivity contribution >= 4 is 11.8 Å². The lowest BCUT2D eigenvalue weighted by atomic mass is 9.96. The Bertz CT molecular complexity index is 357. The summed E-state index contributed by atoms with van der Waals surface area (Å²) in [6, 6.07) is 9.47. The summed E-state index contributed by atoms with van der Waals surface area (Å²) in [5.41, 5.74) is 0.968. The van der Waals surface area contributed by atoms with Gasteiger partial charge in [-0.1, -0.05) is 44.2 Å². The second kappa shape index (κ2) is 9.40. The number of ketones is 1. The van der Waals surface area contributed by atoms with E-state index < -0.39 is 11.9 Å². The molecule has 0 saturated heterocycles. The predicted molar refractivity (Wildman–Crippen MR) is 72.0 cm³/mol. The summed E-state index contributed by atoms with van der Waals surface area (Å²) in [5.74, 6) is -1.26. The lowest BCUT2D eigenvalue weighted by molar-refractivity contribution is -0.151. The number of esters is 1. The first-order chi connectivity index (χ1) is 8.65. The first-order valence-electron chi connectivity index (χ1n) is 6.07. The van der Waals surface area contributed by atoms with Crippen LogP contribution >= 0.6 is 0 Å². The van der Waals surface area contributed by atoms with Crippen LogP contribution in [-0.2, 0) is 20.7 Å². The van der Waals surface area contributed by atoms with Crippen LogP contribution < -0.4 is 0 Å². The van der Waals surface area contributed by atoms with E-state index in [1.807, 2.05) is 30.3 Å². The van der Waals surface area contributed by atoms with Crippen molar-refractivity contribution in [2.75, 3.05) is 6.61 Å². The van der Waals surface area contributed by atoms with Gasteiger partial charge in [0.05, 0.1) is 6.61 Å². The number of rotatable bonds is 5. The van der Waals surface area contributed by atoms with Crippen molar-refractivity contribution in [3.05, 3.63) is 42.8 Å². The van der Waals surface area contributed by atoms with E-state index >= 15 is 0 Å². The van der Waals surface area contributed by atoms with Crippen LogP contribution in [0.15, 0.2) is 30.3 Å². The van der Waals surface area contributed by atoms with Gasteiger partial charge in [-0.15, -0.1) is 0 Å². The Labute approximate surface area is 109 Å². The quantitative estimate of drug-likeness (QED) is 0.595. The molecule has 3 nitrogen and oxygen atoms in total. The largest absolute Gasteiger partial charge is 0.465 e. The van der Waals surface area contributed by atoms with Gasteiger partial charge in [-0.3, -0.25) is 9.59 Å². The van der Waals surface area contributed by atoms with Gasteiger partial charge in [-0.05, 0) is 25.8 Å². The average Bonchev–Trinajstić information content (AvgIpc) is 2.39. The Morgan fingerprint density at radius 3 is 2.22 bits per heavy atom. The molecule has 0 spiro atoms. The molecular weight excluding hydrogens is 228 g/mol. The second-order valence-corrected chi connectivity index (χ2v) is 3.61. The first-order valence-corrected chi connectivity index (χ1v) is 6.07. The lowest BCUT2D eigenvalue weighted by Crippen LogP contribution is -2.26. The Morgan fingerprint density at radius 1 is 1.22 bits per heavy atom. The van der Waals surface area contributed by atoms with E-state index in [9.17, 15) is 9.59 Å². The zero-order chi connectivity index (χ0) is 14.0. The summed E-state index contributed by atoms with van der Waals surface area (Å²) in [6.45, 7) is 8.46. The van der Waals surface area contributed by atoms with Crippen LogP contribution in [0.2, 0.25) is 0 Å². The van der Waals surface area contributed by atoms with Crippen LogP contribution in [0.3, 0.4) is 0 Å². The van der Waals surface area contributed by atoms with Crippen LogP contribution in [-0.4, -0.2) is 18.4 Å². The highest BCUT2D eigenvalue weighted by Crippen LogP contribution is 2.11. The molecule has 0 bridgehead atoms. The normalized spacial score (nSPS) is 10.9. The monoisotopic (exact) mass is 249 g/mol. The third kappa shape index (κ3) is 5.62. The van der Waals surface area contributed by atoms with Gasteiger partial charge in [0.15, 0.2) is 0 Å². The highest BCUT2D eigenvalue weighted by Gasteiger charge is 2.24. The summed E-state index contributed by atoms with van der Waals surface area (Å²) in [6.07, 6.45) is 0.412. The number of carbonyl (C=O) groups excluding carboxylic acids is 2. The number of Topliss-reactive ketones (excluding diaryl/α,β-unsaturated/α-hetero) is 1. The van der Waals surface area contributed by atoms with Gasteiger partial charge in [-0.25, -0.2) is 0 Å². The fourth-order valence-corrected chi connectivity index (χ4v) is 1.49. The molecule has 1 atom stereocenters. The summed E-state index contributed by atoms with van der Waals surface area (Å²) in [4.78, 5) is 22.9. The predicted octanol–water partition coefficient (Wildman–Crippen LogP) is 2.84. The summed E-state index contributed by atoms with van der Waals surface area (Å²) < 4.78 is 4.88. The van der Waals surface area contributed by atoms with Crippen molar-refractivity contribution in [3.63, 3.8) is 0 Å². The molecule has 3 heteroatoms. The van der Waals surface area contributed by atoms with Gasteiger partial charge in [0.25, 0.3) is 0 Å². The number of hydrogen-bond acceptors (Lipinski definition) is 3. The second-order valence-electron chi connectivity index (χ2n) is 3.61. The Hall–Kier alpha value is -1.64. The van der Waals surface area contributed by atoms with Crippen LogP contribution in [0.25, 0.3) is 0 Å². The standard InChI is InChI=1S/C13H16O3.C2H5/c1-3-16-13(15)12(10(2)14)9-11-7-5-4-6-8-11;1-2/h4-8,12H,3,9H2,1-2H3;1H2,2H3. The average molecular weight is 249 g/mol. The van der Waals surface area contributed by atoms with E-state index in [-0.39, 0.29) is 5.78 Å². The minimum atomic E-state index is -0.678. The zero-order valence-electron chi connectivity index (χ0n) is 11.3. The maximum Gasteiger partial charge on any atom is 0.316 e. The van der Waals surface area contributed by atoms with E-state index in [2.05, 4.69) is 6.92 Å². The van der Waals surface area contributed by atoms with Crippen LogP contribution in [0.4, 0.5) is 0 Å². The molecule has 1 aromatic carbocycles. The number of benzene rings is 1. The number of ether oxygens (including phenoxy) is 1. The molecule has 0 saturated carbocycles. The fourth-order valence-electron chi connectivity index (χ4n) is 1.49. The van der Waals surface area contributed by atoms with Gasteiger partial charge >= 0.3 is 5.97 Å². The van der Waals surface area contributed by atoms with Gasteiger partial charge in [0.2, 0.25) is 0 Å². The van der Waals surface area contributed by atoms with E-state index in [4.69, 9.17) is 4.74 Å². The lowest BCUT2D eigenvalue weighted by Gasteiger charge is -2.12. The molecule has 1 radical (unpaired) electrons. The van der Waals surface area contributed by atoms with Crippen molar-refractivity contribution in [2.45, 2.75) is 27.2 Å². The van der Waals surface area contributed by atoms with Gasteiger partial charge in [0.1, 0.15) is 11.7 Å². The van der Waals surface area contributed by atoms with E-state index in [1.165, 1.54) is 6.92 Å². The van der Waals surface area contributed by atoms with Crippen molar-refractivity contribution in [1.82, 2.24) is 0 Å². The highest BCUT2D eigenvalue weighted by molar-refractivity contribution is 5.97. The molecular formula is C15H21O3. The molecule has 0 N–H and O–H groups in total. The molecule has 0 aromatic heterocycles. The molecule has 1 rings (SSSR count). The molecule has 1 unspecified atom stereocenters. The Kier molecular flexibility index (Phi) is 8.54. The zero-order valence-corrected chi connectivity index (χ0v) is 11.3. The van der Waals surface area contributed by atoms with E-state index in [0.717, 1.165) is 5.56 Å². The maximum absolute atomic E-state index is 11.5. The summed E-state index contributed by atoms with van der Waals surface area (Å²) in [7, 11) is 0.